The predicted octanol–water partition coefficient (Wildman–Crippen LogP) is 5.86. The number of carbonyl (C=O) groups excluding carboxylic acids is 3. The Morgan fingerprint density at radius 1 is 0.956 bits per heavy atom. The molecule has 1 aliphatic rings. The number of benzene rings is 3. The number of alkyl halides is 3. The SMILES string of the molecule is CCOc1ccc(CCN2C(=S)N(c3cccc(C(F)(F)F)c3)C(=O)[C@@H]2CC(=O)Nc2ccc(C(=O)OC)cc2)cc1OCC. The number of hydrogen-bond acceptors (Lipinski definition) is 7. The molecule has 238 valence electrons. The molecule has 1 saturated heterocycles. The van der Waals surface area contributed by atoms with Crippen molar-refractivity contribution in [3.63, 3.8) is 0 Å². The van der Waals surface area contributed by atoms with Gasteiger partial charge in [0.15, 0.2) is 16.6 Å². The van der Waals surface area contributed by atoms with Crippen LogP contribution < -0.4 is 19.7 Å². The number of carbonyl (C=O) groups is 3. The predicted molar refractivity (Wildman–Crippen MR) is 166 cm³/mol. The zero-order valence-electron chi connectivity index (χ0n) is 24.8. The highest BCUT2D eigenvalue weighted by Gasteiger charge is 2.44. The van der Waals surface area contributed by atoms with Gasteiger partial charge in [0.2, 0.25) is 5.91 Å². The molecular weight excluding hydrogens is 611 g/mol. The number of anilines is 2. The van der Waals surface area contributed by atoms with Gasteiger partial charge in [0.25, 0.3) is 5.91 Å². The van der Waals surface area contributed by atoms with Crippen LogP contribution in [0.2, 0.25) is 0 Å². The van der Waals surface area contributed by atoms with E-state index in [4.69, 9.17) is 21.7 Å². The molecule has 0 aliphatic carbocycles. The Morgan fingerprint density at radius 3 is 2.29 bits per heavy atom. The van der Waals surface area contributed by atoms with Crippen LogP contribution in [-0.4, -0.2) is 60.7 Å². The average Bonchev–Trinajstić information content (AvgIpc) is 3.24. The molecule has 4 rings (SSSR count). The average molecular weight is 644 g/mol. The van der Waals surface area contributed by atoms with Gasteiger partial charge in [-0.2, -0.15) is 13.2 Å². The summed E-state index contributed by atoms with van der Waals surface area (Å²) in [5.41, 5.74) is 0.516. The second-order valence-corrected chi connectivity index (χ2v) is 10.3. The fourth-order valence-electron chi connectivity index (χ4n) is 4.84. The van der Waals surface area contributed by atoms with Crippen LogP contribution in [0.25, 0.3) is 0 Å². The minimum atomic E-state index is -4.63. The standard InChI is InChI=1S/C32H32F3N3O6S/c1-4-43-26-14-9-20(17-27(26)44-5-2)15-16-37-25(19-28(39)36-23-12-10-21(11-13-23)30(41)42-3)29(40)38(31(37)45)24-8-6-7-22(18-24)32(33,34)35/h6-14,17-18,25H,4-5,15-16,19H2,1-3H3,(H,36,39)/t25-/m0/s1. The van der Waals surface area contributed by atoms with E-state index in [1.54, 1.807) is 11.0 Å². The maximum atomic E-state index is 13.7. The van der Waals surface area contributed by atoms with E-state index in [2.05, 4.69) is 10.1 Å². The van der Waals surface area contributed by atoms with E-state index in [9.17, 15) is 27.6 Å². The summed E-state index contributed by atoms with van der Waals surface area (Å²) in [5, 5.41) is 2.68. The number of methoxy groups -OCH3 is 1. The third-order valence-electron chi connectivity index (χ3n) is 6.97. The Kier molecular flexibility index (Phi) is 10.7. The molecule has 3 aromatic rings. The van der Waals surface area contributed by atoms with Crippen LogP contribution in [0.15, 0.2) is 66.7 Å². The van der Waals surface area contributed by atoms with Gasteiger partial charge in [-0.25, -0.2) is 4.79 Å². The molecule has 0 spiro atoms. The van der Waals surface area contributed by atoms with Gasteiger partial charge < -0.3 is 24.4 Å². The van der Waals surface area contributed by atoms with E-state index in [1.165, 1.54) is 43.5 Å². The van der Waals surface area contributed by atoms with Crippen LogP contribution in [0.4, 0.5) is 24.5 Å². The van der Waals surface area contributed by atoms with Crippen LogP contribution in [0.5, 0.6) is 11.5 Å². The maximum absolute atomic E-state index is 13.7. The molecule has 1 fully saturated rings. The van der Waals surface area contributed by atoms with Crippen molar-refractivity contribution in [2.45, 2.75) is 38.9 Å². The summed E-state index contributed by atoms with van der Waals surface area (Å²) >= 11 is 5.64. The molecule has 1 N–H and O–H groups in total. The van der Waals surface area contributed by atoms with Gasteiger partial charge in [0.1, 0.15) is 6.04 Å². The number of hydrogen-bond donors (Lipinski definition) is 1. The van der Waals surface area contributed by atoms with Gasteiger partial charge >= 0.3 is 12.1 Å². The fraction of sp³-hybridized carbons (Fsp3) is 0.312. The van der Waals surface area contributed by atoms with Crippen LogP contribution in [0.1, 0.15) is 41.8 Å². The Bertz CT molecular complexity index is 1560. The van der Waals surface area contributed by atoms with Crippen molar-refractivity contribution in [3.8, 4) is 11.5 Å². The molecule has 45 heavy (non-hydrogen) atoms. The van der Waals surface area contributed by atoms with Crippen LogP contribution in [0, 0.1) is 0 Å². The quantitative estimate of drug-likeness (QED) is 0.194. The largest absolute Gasteiger partial charge is 0.490 e. The van der Waals surface area contributed by atoms with E-state index in [-0.39, 0.29) is 29.3 Å². The molecule has 0 bridgehead atoms. The molecule has 9 nitrogen and oxygen atoms in total. The van der Waals surface area contributed by atoms with E-state index in [1.807, 2.05) is 26.0 Å². The highest BCUT2D eigenvalue weighted by atomic mass is 32.1. The number of rotatable bonds is 12. The molecule has 1 heterocycles. The van der Waals surface area contributed by atoms with Crippen molar-refractivity contribution in [3.05, 3.63) is 83.4 Å². The summed E-state index contributed by atoms with van der Waals surface area (Å²) in [6.45, 7) is 4.77. The summed E-state index contributed by atoms with van der Waals surface area (Å²) in [5.74, 6) is -0.560. The van der Waals surface area contributed by atoms with Crippen molar-refractivity contribution >= 4 is 46.5 Å². The first-order valence-corrected chi connectivity index (χ1v) is 14.6. The lowest BCUT2D eigenvalue weighted by Crippen LogP contribution is -2.39. The number of halogens is 3. The molecule has 0 saturated carbocycles. The first-order chi connectivity index (χ1) is 21.5. The number of esters is 1. The topological polar surface area (TPSA) is 97.4 Å². The fourth-order valence-corrected chi connectivity index (χ4v) is 5.26. The second kappa shape index (κ2) is 14.4. The highest BCUT2D eigenvalue weighted by Crippen LogP contribution is 2.35. The van der Waals surface area contributed by atoms with Crippen molar-refractivity contribution in [2.75, 3.05) is 37.1 Å². The Hall–Kier alpha value is -4.65. The lowest BCUT2D eigenvalue weighted by molar-refractivity contribution is -0.137. The first kappa shape index (κ1) is 33.2. The smallest absolute Gasteiger partial charge is 0.416 e. The van der Waals surface area contributed by atoms with Gasteiger partial charge in [-0.15, -0.1) is 0 Å². The van der Waals surface area contributed by atoms with Crippen LogP contribution in [-0.2, 0) is 26.9 Å². The highest BCUT2D eigenvalue weighted by molar-refractivity contribution is 7.80. The van der Waals surface area contributed by atoms with Gasteiger partial charge in [-0.1, -0.05) is 12.1 Å². The molecular formula is C32H32F3N3O6S. The molecule has 13 heteroatoms. The zero-order chi connectivity index (χ0) is 32.7. The van der Waals surface area contributed by atoms with Gasteiger partial charge in [0, 0.05) is 12.2 Å². The van der Waals surface area contributed by atoms with E-state index >= 15 is 0 Å². The van der Waals surface area contributed by atoms with Crippen LogP contribution in [0.3, 0.4) is 0 Å². The third-order valence-corrected chi connectivity index (χ3v) is 7.39. The molecule has 0 radical (unpaired) electrons. The lowest BCUT2D eigenvalue weighted by atomic mass is 10.1. The third kappa shape index (κ3) is 7.90. The molecule has 1 aliphatic heterocycles. The Labute approximate surface area is 263 Å². The molecule has 3 aromatic carbocycles. The monoisotopic (exact) mass is 643 g/mol. The lowest BCUT2D eigenvalue weighted by Gasteiger charge is -2.24. The normalized spacial score (nSPS) is 14.8. The van der Waals surface area contributed by atoms with Crippen LogP contribution >= 0.6 is 12.2 Å². The minimum Gasteiger partial charge on any atom is -0.490 e. The molecule has 0 unspecified atom stereocenters. The van der Waals surface area contributed by atoms with Crippen molar-refractivity contribution < 1.29 is 41.8 Å². The first-order valence-electron chi connectivity index (χ1n) is 14.1. The number of amides is 2. The maximum Gasteiger partial charge on any atom is 0.416 e. The Morgan fingerprint density at radius 2 is 1.64 bits per heavy atom. The molecule has 0 aromatic heterocycles. The second-order valence-electron chi connectivity index (χ2n) is 9.93. The summed E-state index contributed by atoms with van der Waals surface area (Å²) in [6.07, 6.45) is -4.58. The van der Waals surface area contributed by atoms with E-state index in [0.29, 0.717) is 36.8 Å². The number of nitrogens with one attached hydrogen (secondary N) is 1. The van der Waals surface area contributed by atoms with Crippen molar-refractivity contribution in [1.82, 2.24) is 4.90 Å². The summed E-state index contributed by atoms with van der Waals surface area (Å²) in [7, 11) is 1.25. The Balaban J connectivity index is 1.59. The van der Waals surface area contributed by atoms with Gasteiger partial charge in [0.05, 0.1) is 43.6 Å². The van der Waals surface area contributed by atoms with Crippen molar-refractivity contribution in [2.24, 2.45) is 0 Å². The summed E-state index contributed by atoms with van der Waals surface area (Å²) in [6, 6.07) is 14.7. The van der Waals surface area contributed by atoms with E-state index in [0.717, 1.165) is 22.6 Å². The minimum absolute atomic E-state index is 0.0180. The van der Waals surface area contributed by atoms with Crippen molar-refractivity contribution in [1.29, 1.82) is 0 Å². The summed E-state index contributed by atoms with van der Waals surface area (Å²) in [4.78, 5) is 41.2. The zero-order valence-corrected chi connectivity index (χ0v) is 25.7. The van der Waals surface area contributed by atoms with E-state index < -0.39 is 35.6 Å². The molecule has 2 amide bonds. The molecule has 1 atom stereocenters. The number of thiocarbonyl (C=S) groups is 1. The number of nitrogens with zero attached hydrogens (tertiary/aromatic N) is 2. The summed E-state index contributed by atoms with van der Waals surface area (Å²) < 4.78 is 56.5. The van der Waals surface area contributed by atoms with Gasteiger partial charge in [-0.05, 0) is 92.6 Å². The number of ether oxygens (including phenoxy) is 3. The van der Waals surface area contributed by atoms with Gasteiger partial charge in [-0.3, -0.25) is 14.5 Å².